The van der Waals surface area contributed by atoms with Gasteiger partial charge in [-0.25, -0.2) is 4.79 Å². The average molecular weight is 364 g/mol. The molecule has 2 aliphatic heterocycles. The molecule has 2 saturated heterocycles. The fraction of sp³-hybridized carbons (Fsp3) is 0.409. The topological polar surface area (TPSA) is 59.5 Å². The van der Waals surface area contributed by atoms with Gasteiger partial charge in [0, 0.05) is 24.2 Å². The lowest BCUT2D eigenvalue weighted by molar-refractivity contribution is 0.0483. The quantitative estimate of drug-likeness (QED) is 0.765. The number of benzene rings is 1. The molecule has 0 aliphatic carbocycles. The van der Waals surface area contributed by atoms with Gasteiger partial charge in [-0.05, 0) is 49.8 Å². The molecule has 0 spiro atoms. The van der Waals surface area contributed by atoms with Gasteiger partial charge in [0.1, 0.15) is 12.3 Å². The van der Waals surface area contributed by atoms with Gasteiger partial charge >= 0.3 is 6.09 Å². The van der Waals surface area contributed by atoms with Crippen LogP contribution in [0.3, 0.4) is 0 Å². The van der Waals surface area contributed by atoms with Crippen LogP contribution in [-0.2, 0) is 11.3 Å². The maximum Gasteiger partial charge on any atom is 0.410 e. The zero-order valence-corrected chi connectivity index (χ0v) is 15.5. The first-order chi connectivity index (χ1) is 13.1. The lowest BCUT2D eigenvalue weighted by Gasteiger charge is -2.37. The number of carbonyl (C=O) groups excluding carboxylic acids is 2. The molecule has 0 radical (unpaired) electrons. The van der Waals surface area contributed by atoms with Gasteiger partial charge in [0.25, 0.3) is 0 Å². The van der Waals surface area contributed by atoms with Crippen LogP contribution in [0.15, 0.2) is 48.7 Å². The average Bonchev–Trinajstić information content (AvgIpc) is 2.96. The number of amides is 1. The second-order valence-electron chi connectivity index (χ2n) is 7.59. The number of rotatable bonds is 4. The number of carbonyl (C=O) groups is 2. The van der Waals surface area contributed by atoms with Crippen molar-refractivity contribution in [3.8, 4) is 0 Å². The number of aryl methyl sites for hydroxylation is 1. The monoisotopic (exact) mass is 364 g/mol. The molecule has 2 unspecified atom stereocenters. The Morgan fingerprint density at radius 2 is 1.78 bits per heavy atom. The van der Waals surface area contributed by atoms with E-state index in [1.54, 1.807) is 12.3 Å². The fourth-order valence-electron chi connectivity index (χ4n) is 4.31. The molecular weight excluding hydrogens is 340 g/mol. The Morgan fingerprint density at radius 3 is 2.41 bits per heavy atom. The standard InChI is InChI=1S/C22H24N2O3/c1-15-7-10-20(23-13-15)21(25)17-11-18-8-9-19(12-17)24(18)22(26)27-14-16-5-3-2-4-6-16/h2-7,10,13,17-19H,8-9,11-12,14H2,1H3. The molecule has 4 rings (SSSR count). The normalized spacial score (nSPS) is 23.9. The molecule has 2 aromatic rings. The molecule has 0 N–H and O–H groups in total. The van der Waals surface area contributed by atoms with Gasteiger partial charge in [-0.2, -0.15) is 0 Å². The molecule has 2 fully saturated rings. The van der Waals surface area contributed by atoms with Crippen molar-refractivity contribution in [3.63, 3.8) is 0 Å². The number of piperidine rings is 1. The summed E-state index contributed by atoms with van der Waals surface area (Å²) in [4.78, 5) is 31.6. The third-order valence-corrected chi connectivity index (χ3v) is 5.68. The van der Waals surface area contributed by atoms with Crippen LogP contribution in [0.5, 0.6) is 0 Å². The largest absolute Gasteiger partial charge is 0.445 e. The van der Waals surface area contributed by atoms with Gasteiger partial charge in [0.15, 0.2) is 5.78 Å². The molecule has 0 saturated carbocycles. The molecule has 1 amide bonds. The van der Waals surface area contributed by atoms with Crippen LogP contribution >= 0.6 is 0 Å². The Kier molecular flexibility index (Phi) is 4.92. The first kappa shape index (κ1) is 17.7. The molecule has 140 valence electrons. The number of ketones is 1. The number of pyridine rings is 1. The Hall–Kier alpha value is -2.69. The minimum absolute atomic E-state index is 0.0594. The Labute approximate surface area is 159 Å². The minimum atomic E-state index is -0.259. The van der Waals surface area contributed by atoms with Gasteiger partial charge in [0.05, 0.1) is 0 Å². The Bertz CT molecular complexity index is 805. The third kappa shape index (κ3) is 3.72. The summed E-state index contributed by atoms with van der Waals surface area (Å²) in [5.74, 6) is 0.0417. The van der Waals surface area contributed by atoms with Crippen molar-refractivity contribution in [3.05, 3.63) is 65.5 Å². The Morgan fingerprint density at radius 1 is 1.07 bits per heavy atom. The van der Waals surface area contributed by atoms with Crippen LogP contribution < -0.4 is 0 Å². The van der Waals surface area contributed by atoms with Crippen LogP contribution in [0.1, 0.15) is 47.3 Å². The van der Waals surface area contributed by atoms with Crippen molar-refractivity contribution < 1.29 is 14.3 Å². The van der Waals surface area contributed by atoms with Crippen molar-refractivity contribution in [2.24, 2.45) is 5.92 Å². The SMILES string of the molecule is Cc1ccc(C(=O)C2CC3CCC(C2)N3C(=O)OCc2ccccc2)nc1. The molecular formula is C22H24N2O3. The first-order valence-corrected chi connectivity index (χ1v) is 9.57. The summed E-state index contributed by atoms with van der Waals surface area (Å²) in [7, 11) is 0. The van der Waals surface area contributed by atoms with E-state index in [4.69, 9.17) is 4.74 Å². The van der Waals surface area contributed by atoms with E-state index in [9.17, 15) is 9.59 Å². The fourth-order valence-corrected chi connectivity index (χ4v) is 4.31. The number of hydrogen-bond acceptors (Lipinski definition) is 4. The highest BCUT2D eigenvalue weighted by atomic mass is 16.6. The van der Waals surface area contributed by atoms with E-state index in [0.717, 1.165) is 24.0 Å². The summed E-state index contributed by atoms with van der Waals surface area (Å²) in [5.41, 5.74) is 2.56. The number of nitrogens with zero attached hydrogens (tertiary/aromatic N) is 2. The lowest BCUT2D eigenvalue weighted by Crippen LogP contribution is -2.48. The second-order valence-corrected chi connectivity index (χ2v) is 7.59. The molecule has 3 heterocycles. The summed E-state index contributed by atoms with van der Waals surface area (Å²) >= 11 is 0. The summed E-state index contributed by atoms with van der Waals surface area (Å²) in [6, 6.07) is 13.6. The number of aromatic nitrogens is 1. The van der Waals surface area contributed by atoms with Crippen LogP contribution in [0, 0.1) is 12.8 Å². The third-order valence-electron chi connectivity index (χ3n) is 5.68. The second kappa shape index (κ2) is 7.51. The van der Waals surface area contributed by atoms with Gasteiger partial charge < -0.3 is 9.64 Å². The smallest absolute Gasteiger partial charge is 0.410 e. The lowest BCUT2D eigenvalue weighted by atomic mass is 9.86. The summed E-state index contributed by atoms with van der Waals surface area (Å²) in [6.07, 6.45) is 4.76. The first-order valence-electron chi connectivity index (χ1n) is 9.57. The van der Waals surface area contributed by atoms with E-state index in [0.29, 0.717) is 18.5 Å². The molecule has 5 heteroatoms. The van der Waals surface area contributed by atoms with E-state index in [-0.39, 0.29) is 36.5 Å². The molecule has 5 nitrogen and oxygen atoms in total. The summed E-state index contributed by atoms with van der Waals surface area (Å²) in [6.45, 7) is 2.24. The molecule has 2 atom stereocenters. The summed E-state index contributed by atoms with van der Waals surface area (Å²) in [5, 5.41) is 0. The zero-order valence-electron chi connectivity index (χ0n) is 15.5. The molecule has 2 aliphatic rings. The zero-order chi connectivity index (χ0) is 18.8. The van der Waals surface area contributed by atoms with E-state index in [1.165, 1.54) is 0 Å². The predicted octanol–water partition coefficient (Wildman–Crippen LogP) is 4.15. The van der Waals surface area contributed by atoms with Crippen molar-refractivity contribution in [1.29, 1.82) is 0 Å². The molecule has 1 aromatic carbocycles. The van der Waals surface area contributed by atoms with Crippen molar-refractivity contribution in [2.75, 3.05) is 0 Å². The predicted molar refractivity (Wildman–Crippen MR) is 101 cm³/mol. The number of ether oxygens (including phenoxy) is 1. The number of hydrogen-bond donors (Lipinski definition) is 0. The molecule has 1 aromatic heterocycles. The highest BCUT2D eigenvalue weighted by Crippen LogP contribution is 2.40. The van der Waals surface area contributed by atoms with Crippen LogP contribution in [0.2, 0.25) is 0 Å². The van der Waals surface area contributed by atoms with Gasteiger partial charge in [-0.1, -0.05) is 36.4 Å². The van der Waals surface area contributed by atoms with E-state index >= 15 is 0 Å². The van der Waals surface area contributed by atoms with Gasteiger partial charge in [-0.3, -0.25) is 9.78 Å². The van der Waals surface area contributed by atoms with Crippen molar-refractivity contribution >= 4 is 11.9 Å². The maximum absolute atomic E-state index is 12.8. The van der Waals surface area contributed by atoms with Gasteiger partial charge in [0.2, 0.25) is 0 Å². The van der Waals surface area contributed by atoms with E-state index < -0.39 is 0 Å². The van der Waals surface area contributed by atoms with Crippen LogP contribution in [0.25, 0.3) is 0 Å². The number of fused-ring (bicyclic) bond motifs is 2. The summed E-state index contributed by atoms with van der Waals surface area (Å²) < 4.78 is 5.53. The van der Waals surface area contributed by atoms with Crippen LogP contribution in [0.4, 0.5) is 4.79 Å². The van der Waals surface area contributed by atoms with Gasteiger partial charge in [-0.15, -0.1) is 0 Å². The van der Waals surface area contributed by atoms with E-state index in [1.807, 2.05) is 48.2 Å². The van der Waals surface area contributed by atoms with E-state index in [2.05, 4.69) is 4.98 Å². The van der Waals surface area contributed by atoms with Crippen molar-refractivity contribution in [1.82, 2.24) is 9.88 Å². The minimum Gasteiger partial charge on any atom is -0.445 e. The highest BCUT2D eigenvalue weighted by molar-refractivity contribution is 5.96. The number of Topliss-reactive ketones (excluding diaryl/α,β-unsaturated/α-hetero) is 1. The maximum atomic E-state index is 12.8. The van der Waals surface area contributed by atoms with Crippen LogP contribution in [-0.4, -0.2) is 33.8 Å². The highest BCUT2D eigenvalue weighted by Gasteiger charge is 2.46. The molecule has 27 heavy (non-hydrogen) atoms. The Balaban J connectivity index is 1.39. The van der Waals surface area contributed by atoms with Crippen molar-refractivity contribution in [2.45, 2.75) is 51.3 Å². The molecule has 2 bridgehead atoms.